The summed E-state index contributed by atoms with van der Waals surface area (Å²) in [4.78, 5) is 5.75. The summed E-state index contributed by atoms with van der Waals surface area (Å²) in [6.45, 7) is 3.17. The number of hydrogen-bond acceptors (Lipinski definition) is 3. The first-order valence-electron chi connectivity index (χ1n) is 6.67. The molecule has 0 spiro atoms. The Morgan fingerprint density at radius 1 is 1.33 bits per heavy atom. The zero-order valence-electron chi connectivity index (χ0n) is 10.6. The van der Waals surface area contributed by atoms with Crippen molar-refractivity contribution in [1.82, 2.24) is 4.98 Å². The van der Waals surface area contributed by atoms with Crippen molar-refractivity contribution in [2.24, 2.45) is 0 Å². The van der Waals surface area contributed by atoms with Gasteiger partial charge in [-0.15, -0.1) is 0 Å². The van der Waals surface area contributed by atoms with Crippen LogP contribution in [0.15, 0.2) is 30.5 Å². The normalized spacial score (nSPS) is 14.7. The molecule has 1 aliphatic rings. The molecule has 1 fully saturated rings. The quantitative estimate of drug-likeness (QED) is 0.853. The SMILES string of the molecule is CCCNc1ncc(-c2ccccc2C2CC2)s1. The Labute approximate surface area is 112 Å². The van der Waals surface area contributed by atoms with Crippen molar-refractivity contribution in [2.45, 2.75) is 32.1 Å². The number of rotatable bonds is 5. The second-order valence-corrected chi connectivity index (χ2v) is 5.85. The molecule has 18 heavy (non-hydrogen) atoms. The number of hydrogen-bond donors (Lipinski definition) is 1. The minimum atomic E-state index is 0.787. The maximum absolute atomic E-state index is 4.46. The average Bonchev–Trinajstić information content (AvgIpc) is 3.15. The summed E-state index contributed by atoms with van der Waals surface area (Å²) in [5.74, 6) is 0.787. The minimum absolute atomic E-state index is 0.787. The molecule has 1 N–H and O–H groups in total. The topological polar surface area (TPSA) is 24.9 Å². The fourth-order valence-corrected chi connectivity index (χ4v) is 3.07. The molecule has 0 amide bonds. The van der Waals surface area contributed by atoms with Gasteiger partial charge in [0.1, 0.15) is 0 Å². The zero-order chi connectivity index (χ0) is 12.4. The highest BCUT2D eigenvalue weighted by atomic mass is 32.1. The monoisotopic (exact) mass is 258 g/mol. The second-order valence-electron chi connectivity index (χ2n) is 4.82. The molecule has 2 nitrogen and oxygen atoms in total. The Morgan fingerprint density at radius 3 is 2.94 bits per heavy atom. The van der Waals surface area contributed by atoms with Crippen LogP contribution in [0.5, 0.6) is 0 Å². The van der Waals surface area contributed by atoms with Crippen LogP contribution in [0, 0.1) is 0 Å². The number of aromatic nitrogens is 1. The lowest BCUT2D eigenvalue weighted by atomic mass is 10.0. The molecule has 0 unspecified atom stereocenters. The van der Waals surface area contributed by atoms with Crippen LogP contribution < -0.4 is 5.32 Å². The Kier molecular flexibility index (Phi) is 3.33. The summed E-state index contributed by atoms with van der Waals surface area (Å²) >= 11 is 1.76. The van der Waals surface area contributed by atoms with Crippen LogP contribution in [-0.4, -0.2) is 11.5 Å². The number of benzene rings is 1. The number of nitrogens with one attached hydrogen (secondary N) is 1. The van der Waals surface area contributed by atoms with Gasteiger partial charge in [-0.2, -0.15) is 0 Å². The highest BCUT2D eigenvalue weighted by molar-refractivity contribution is 7.18. The van der Waals surface area contributed by atoms with E-state index in [1.165, 1.54) is 28.8 Å². The fourth-order valence-electron chi connectivity index (χ4n) is 2.18. The summed E-state index contributed by atoms with van der Waals surface area (Å²) in [6, 6.07) is 8.77. The molecule has 0 atom stereocenters. The Morgan fingerprint density at radius 2 is 2.17 bits per heavy atom. The lowest BCUT2D eigenvalue weighted by molar-refractivity contribution is 0.976. The summed E-state index contributed by atoms with van der Waals surface area (Å²) in [5.41, 5.74) is 2.88. The van der Waals surface area contributed by atoms with Gasteiger partial charge in [0.05, 0.1) is 4.88 Å². The van der Waals surface area contributed by atoms with E-state index >= 15 is 0 Å². The van der Waals surface area contributed by atoms with Crippen molar-refractivity contribution >= 4 is 16.5 Å². The van der Waals surface area contributed by atoms with Crippen LogP contribution in [0.25, 0.3) is 10.4 Å². The molecule has 1 aromatic heterocycles. The molecule has 3 rings (SSSR count). The first kappa shape index (κ1) is 11.7. The molecule has 0 bridgehead atoms. The van der Waals surface area contributed by atoms with E-state index in [1.807, 2.05) is 6.20 Å². The van der Waals surface area contributed by atoms with Crippen LogP contribution in [0.4, 0.5) is 5.13 Å². The molecule has 1 heterocycles. The van der Waals surface area contributed by atoms with Gasteiger partial charge in [0, 0.05) is 12.7 Å². The Bertz CT molecular complexity index is 529. The van der Waals surface area contributed by atoms with Gasteiger partial charge < -0.3 is 5.32 Å². The van der Waals surface area contributed by atoms with E-state index in [0.717, 1.165) is 24.0 Å². The van der Waals surface area contributed by atoms with Crippen LogP contribution in [0.2, 0.25) is 0 Å². The third kappa shape index (κ3) is 2.41. The highest BCUT2D eigenvalue weighted by Crippen LogP contribution is 2.45. The fraction of sp³-hybridized carbons (Fsp3) is 0.400. The van der Waals surface area contributed by atoms with E-state index < -0.39 is 0 Å². The van der Waals surface area contributed by atoms with Crippen molar-refractivity contribution in [3.8, 4) is 10.4 Å². The van der Waals surface area contributed by atoms with Crippen LogP contribution in [0.1, 0.15) is 37.7 Å². The molecule has 0 saturated heterocycles. The van der Waals surface area contributed by atoms with Gasteiger partial charge >= 0.3 is 0 Å². The number of thiazole rings is 1. The summed E-state index contributed by atoms with van der Waals surface area (Å²) < 4.78 is 0. The molecule has 0 aliphatic heterocycles. The molecule has 1 aliphatic carbocycles. The van der Waals surface area contributed by atoms with Crippen LogP contribution in [0.3, 0.4) is 0 Å². The largest absolute Gasteiger partial charge is 0.362 e. The Balaban J connectivity index is 1.87. The first-order chi connectivity index (χ1) is 8.88. The van der Waals surface area contributed by atoms with Crippen molar-refractivity contribution in [2.75, 3.05) is 11.9 Å². The third-order valence-corrected chi connectivity index (χ3v) is 4.26. The smallest absolute Gasteiger partial charge is 0.183 e. The van der Waals surface area contributed by atoms with E-state index in [2.05, 4.69) is 41.5 Å². The minimum Gasteiger partial charge on any atom is -0.362 e. The van der Waals surface area contributed by atoms with Gasteiger partial charge in [0.2, 0.25) is 0 Å². The lowest BCUT2D eigenvalue weighted by Gasteiger charge is -2.05. The summed E-state index contributed by atoms with van der Waals surface area (Å²) in [7, 11) is 0. The Hall–Kier alpha value is -1.35. The van der Waals surface area contributed by atoms with E-state index in [4.69, 9.17) is 0 Å². The molecular weight excluding hydrogens is 240 g/mol. The molecular formula is C15H18N2S. The summed E-state index contributed by atoms with van der Waals surface area (Å²) in [6.07, 6.45) is 5.82. The zero-order valence-corrected chi connectivity index (χ0v) is 11.5. The van der Waals surface area contributed by atoms with Crippen molar-refractivity contribution in [1.29, 1.82) is 0 Å². The van der Waals surface area contributed by atoms with Crippen molar-refractivity contribution in [3.05, 3.63) is 36.0 Å². The van der Waals surface area contributed by atoms with E-state index in [-0.39, 0.29) is 0 Å². The van der Waals surface area contributed by atoms with Crippen LogP contribution >= 0.6 is 11.3 Å². The van der Waals surface area contributed by atoms with E-state index in [9.17, 15) is 0 Å². The van der Waals surface area contributed by atoms with E-state index in [0.29, 0.717) is 0 Å². The molecule has 1 saturated carbocycles. The van der Waals surface area contributed by atoms with Gasteiger partial charge in [-0.3, -0.25) is 0 Å². The maximum atomic E-state index is 4.46. The molecule has 1 aromatic carbocycles. The van der Waals surface area contributed by atoms with Crippen LogP contribution in [-0.2, 0) is 0 Å². The van der Waals surface area contributed by atoms with Crippen molar-refractivity contribution < 1.29 is 0 Å². The third-order valence-electron chi connectivity index (χ3n) is 3.28. The van der Waals surface area contributed by atoms with E-state index in [1.54, 1.807) is 11.3 Å². The lowest BCUT2D eigenvalue weighted by Crippen LogP contribution is -1.97. The predicted molar refractivity (Wildman–Crippen MR) is 78.3 cm³/mol. The van der Waals surface area contributed by atoms with Gasteiger partial charge in [0.15, 0.2) is 5.13 Å². The summed E-state index contributed by atoms with van der Waals surface area (Å²) in [5, 5.41) is 4.40. The molecule has 3 heteroatoms. The maximum Gasteiger partial charge on any atom is 0.183 e. The van der Waals surface area contributed by atoms with Gasteiger partial charge in [-0.05, 0) is 36.3 Å². The average molecular weight is 258 g/mol. The highest BCUT2D eigenvalue weighted by Gasteiger charge is 2.26. The standard InChI is InChI=1S/C15H18N2S/c1-2-9-16-15-17-10-14(18-15)13-6-4-3-5-12(13)11-7-8-11/h3-6,10-11H,2,7-9H2,1H3,(H,16,17). The van der Waals surface area contributed by atoms with Gasteiger partial charge in [0.25, 0.3) is 0 Å². The first-order valence-corrected chi connectivity index (χ1v) is 7.49. The van der Waals surface area contributed by atoms with Gasteiger partial charge in [-0.25, -0.2) is 4.98 Å². The molecule has 2 aromatic rings. The second kappa shape index (κ2) is 5.11. The van der Waals surface area contributed by atoms with Gasteiger partial charge in [-0.1, -0.05) is 42.5 Å². The molecule has 94 valence electrons. The number of anilines is 1. The predicted octanol–water partition coefficient (Wildman–Crippen LogP) is 4.51. The number of nitrogens with zero attached hydrogens (tertiary/aromatic N) is 1. The van der Waals surface area contributed by atoms with Crippen molar-refractivity contribution in [3.63, 3.8) is 0 Å². The molecule has 0 radical (unpaired) electrons.